The largest absolute Gasteiger partial charge is 0.494 e. The van der Waals surface area contributed by atoms with E-state index in [0.717, 1.165) is 41.7 Å². The number of nitrogens with one attached hydrogen (secondary N) is 1. The molecule has 0 heterocycles. The number of carbonyl (C=O) groups excluding carboxylic acids is 1. The molecular weight excluding hydrogens is 238 g/mol. The van der Waals surface area contributed by atoms with Gasteiger partial charge in [-0.15, -0.1) is 0 Å². The van der Waals surface area contributed by atoms with Crippen LogP contribution in [-0.4, -0.2) is 12.5 Å². The van der Waals surface area contributed by atoms with Crippen molar-refractivity contribution in [1.29, 1.82) is 0 Å². The van der Waals surface area contributed by atoms with Gasteiger partial charge in [-0.1, -0.05) is 0 Å². The molecule has 0 aromatic heterocycles. The lowest BCUT2D eigenvalue weighted by Gasteiger charge is -2.14. The van der Waals surface area contributed by atoms with E-state index in [0.29, 0.717) is 6.61 Å². The van der Waals surface area contributed by atoms with Crippen LogP contribution in [0.4, 0.5) is 5.69 Å². The average molecular weight is 259 g/mol. The highest BCUT2D eigenvalue weighted by Gasteiger charge is 2.47. The molecule has 1 aromatic carbocycles. The predicted molar refractivity (Wildman–Crippen MR) is 75.3 cm³/mol. The van der Waals surface area contributed by atoms with Gasteiger partial charge in [-0.2, -0.15) is 0 Å². The molecule has 2 unspecified atom stereocenters. The van der Waals surface area contributed by atoms with Crippen molar-refractivity contribution in [2.45, 2.75) is 33.1 Å². The molecule has 0 aliphatic heterocycles. The van der Waals surface area contributed by atoms with E-state index >= 15 is 0 Å². The summed E-state index contributed by atoms with van der Waals surface area (Å²) in [4.78, 5) is 12.2. The Balaban J connectivity index is 1.64. The second-order valence-electron chi connectivity index (χ2n) is 5.82. The van der Waals surface area contributed by atoms with Crippen molar-refractivity contribution in [3.63, 3.8) is 0 Å². The van der Waals surface area contributed by atoms with Gasteiger partial charge < -0.3 is 10.1 Å². The van der Waals surface area contributed by atoms with Gasteiger partial charge in [0.1, 0.15) is 5.75 Å². The molecule has 0 bridgehead atoms. The molecule has 3 heteroatoms. The SMILES string of the molecule is CCOc1ccc(NC(=O)C2CC3CC3C2)c(C)c1. The summed E-state index contributed by atoms with van der Waals surface area (Å²) in [5, 5.41) is 3.07. The van der Waals surface area contributed by atoms with E-state index in [9.17, 15) is 4.79 Å². The summed E-state index contributed by atoms with van der Waals surface area (Å²) in [6.07, 6.45) is 3.53. The molecule has 3 rings (SSSR count). The highest BCUT2D eigenvalue weighted by molar-refractivity contribution is 5.93. The van der Waals surface area contributed by atoms with Crippen LogP contribution in [0.15, 0.2) is 18.2 Å². The van der Waals surface area contributed by atoms with Gasteiger partial charge in [0.25, 0.3) is 0 Å². The number of hydrogen-bond acceptors (Lipinski definition) is 2. The zero-order valence-electron chi connectivity index (χ0n) is 11.6. The summed E-state index contributed by atoms with van der Waals surface area (Å²) >= 11 is 0. The first-order chi connectivity index (χ1) is 9.17. The maximum Gasteiger partial charge on any atom is 0.227 e. The third-order valence-electron chi connectivity index (χ3n) is 4.38. The minimum absolute atomic E-state index is 0.194. The molecule has 2 saturated carbocycles. The van der Waals surface area contributed by atoms with Gasteiger partial charge in [0.2, 0.25) is 5.91 Å². The lowest BCUT2D eigenvalue weighted by molar-refractivity contribution is -0.120. The second kappa shape index (κ2) is 4.87. The number of rotatable bonds is 4. The minimum atomic E-state index is 0.194. The molecule has 1 N–H and O–H groups in total. The monoisotopic (exact) mass is 259 g/mol. The lowest BCUT2D eigenvalue weighted by atomic mass is 10.0. The molecule has 2 atom stereocenters. The number of anilines is 1. The zero-order valence-corrected chi connectivity index (χ0v) is 11.6. The molecule has 19 heavy (non-hydrogen) atoms. The van der Waals surface area contributed by atoms with Crippen LogP contribution in [0.25, 0.3) is 0 Å². The Hall–Kier alpha value is -1.51. The van der Waals surface area contributed by atoms with E-state index in [2.05, 4.69) is 5.32 Å². The Bertz CT molecular complexity index is 488. The Labute approximate surface area is 114 Å². The maximum atomic E-state index is 12.2. The first-order valence-corrected chi connectivity index (χ1v) is 7.21. The molecule has 102 valence electrons. The van der Waals surface area contributed by atoms with E-state index in [-0.39, 0.29) is 11.8 Å². The topological polar surface area (TPSA) is 38.3 Å². The Morgan fingerprint density at radius 3 is 2.68 bits per heavy atom. The Morgan fingerprint density at radius 2 is 2.05 bits per heavy atom. The number of ether oxygens (including phenoxy) is 1. The fourth-order valence-electron chi connectivity index (χ4n) is 3.20. The van der Waals surface area contributed by atoms with Crippen LogP contribution >= 0.6 is 0 Å². The standard InChI is InChI=1S/C16H21NO2/c1-3-19-14-4-5-15(10(2)6-14)17-16(18)13-8-11-7-12(11)9-13/h4-6,11-13H,3,7-9H2,1-2H3,(H,17,18). The van der Waals surface area contributed by atoms with Crippen LogP contribution in [0.2, 0.25) is 0 Å². The number of amides is 1. The van der Waals surface area contributed by atoms with Crippen molar-refractivity contribution in [3.8, 4) is 5.75 Å². The molecule has 2 aliphatic rings. The number of benzene rings is 1. The van der Waals surface area contributed by atoms with Gasteiger partial charge in [-0.3, -0.25) is 4.79 Å². The fraction of sp³-hybridized carbons (Fsp3) is 0.562. The molecule has 0 saturated heterocycles. The molecule has 2 aliphatic carbocycles. The van der Waals surface area contributed by atoms with Gasteiger partial charge in [-0.05, 0) is 68.7 Å². The predicted octanol–water partition coefficient (Wildman–Crippen LogP) is 3.38. The average Bonchev–Trinajstić information content (AvgIpc) is 3.00. The first-order valence-electron chi connectivity index (χ1n) is 7.21. The van der Waals surface area contributed by atoms with Gasteiger partial charge in [0, 0.05) is 11.6 Å². The van der Waals surface area contributed by atoms with Gasteiger partial charge in [0.05, 0.1) is 6.61 Å². The highest BCUT2D eigenvalue weighted by Crippen LogP contribution is 2.54. The van der Waals surface area contributed by atoms with Crippen LogP contribution in [0.3, 0.4) is 0 Å². The third-order valence-corrected chi connectivity index (χ3v) is 4.38. The number of hydrogen-bond donors (Lipinski definition) is 1. The van der Waals surface area contributed by atoms with E-state index in [1.165, 1.54) is 6.42 Å². The quantitative estimate of drug-likeness (QED) is 0.900. The van der Waals surface area contributed by atoms with E-state index in [1.807, 2.05) is 32.0 Å². The molecule has 0 spiro atoms. The summed E-state index contributed by atoms with van der Waals surface area (Å²) in [6.45, 7) is 4.64. The van der Waals surface area contributed by atoms with Crippen LogP contribution in [0.5, 0.6) is 5.75 Å². The molecule has 2 fully saturated rings. The number of carbonyl (C=O) groups is 1. The first kappa shape index (κ1) is 12.5. The number of fused-ring (bicyclic) bond motifs is 1. The van der Waals surface area contributed by atoms with Gasteiger partial charge in [-0.25, -0.2) is 0 Å². The summed E-state index contributed by atoms with van der Waals surface area (Å²) in [5.41, 5.74) is 1.97. The lowest BCUT2D eigenvalue weighted by Crippen LogP contribution is -2.22. The van der Waals surface area contributed by atoms with Crippen LogP contribution in [0, 0.1) is 24.7 Å². The van der Waals surface area contributed by atoms with Crippen molar-refractivity contribution in [2.75, 3.05) is 11.9 Å². The zero-order chi connectivity index (χ0) is 13.4. The summed E-state index contributed by atoms with van der Waals surface area (Å²) < 4.78 is 5.45. The van der Waals surface area contributed by atoms with Crippen LogP contribution < -0.4 is 10.1 Å². The molecule has 1 aromatic rings. The summed E-state index contributed by atoms with van der Waals surface area (Å²) in [6, 6.07) is 5.83. The third kappa shape index (κ3) is 2.60. The van der Waals surface area contributed by atoms with Crippen LogP contribution in [0.1, 0.15) is 31.7 Å². The molecule has 1 amide bonds. The van der Waals surface area contributed by atoms with Crippen molar-refractivity contribution in [2.24, 2.45) is 17.8 Å². The summed E-state index contributed by atoms with van der Waals surface area (Å²) in [5.74, 6) is 2.98. The normalized spacial score (nSPS) is 27.8. The van der Waals surface area contributed by atoms with Crippen molar-refractivity contribution in [1.82, 2.24) is 0 Å². The van der Waals surface area contributed by atoms with Crippen molar-refractivity contribution < 1.29 is 9.53 Å². The van der Waals surface area contributed by atoms with Crippen LogP contribution in [-0.2, 0) is 4.79 Å². The van der Waals surface area contributed by atoms with Gasteiger partial charge in [0.15, 0.2) is 0 Å². The fourth-order valence-corrected chi connectivity index (χ4v) is 3.20. The second-order valence-corrected chi connectivity index (χ2v) is 5.82. The molecule has 0 radical (unpaired) electrons. The van der Waals surface area contributed by atoms with E-state index < -0.39 is 0 Å². The highest BCUT2D eigenvalue weighted by atomic mass is 16.5. The number of aryl methyl sites for hydroxylation is 1. The van der Waals surface area contributed by atoms with E-state index in [1.54, 1.807) is 0 Å². The molecule has 3 nitrogen and oxygen atoms in total. The smallest absolute Gasteiger partial charge is 0.227 e. The van der Waals surface area contributed by atoms with Crippen molar-refractivity contribution in [3.05, 3.63) is 23.8 Å². The van der Waals surface area contributed by atoms with Gasteiger partial charge >= 0.3 is 0 Å². The maximum absolute atomic E-state index is 12.2. The Kier molecular flexibility index (Phi) is 3.21. The van der Waals surface area contributed by atoms with E-state index in [4.69, 9.17) is 4.74 Å². The van der Waals surface area contributed by atoms with Crippen molar-refractivity contribution >= 4 is 11.6 Å². The summed E-state index contributed by atoms with van der Waals surface area (Å²) in [7, 11) is 0. The molecular formula is C16H21NO2. The minimum Gasteiger partial charge on any atom is -0.494 e. The Morgan fingerprint density at radius 1 is 1.32 bits per heavy atom.